The second-order valence-corrected chi connectivity index (χ2v) is 7.95. The first-order valence-corrected chi connectivity index (χ1v) is 10.1. The van der Waals surface area contributed by atoms with Gasteiger partial charge in [0.25, 0.3) is 0 Å². The van der Waals surface area contributed by atoms with E-state index in [-0.39, 0.29) is 0 Å². The van der Waals surface area contributed by atoms with Gasteiger partial charge in [0.15, 0.2) is 11.0 Å². The van der Waals surface area contributed by atoms with Gasteiger partial charge < -0.3 is 4.74 Å². The zero-order chi connectivity index (χ0) is 17.9. The molecule has 0 saturated carbocycles. The lowest BCUT2D eigenvalue weighted by molar-refractivity contribution is 0.189. The van der Waals surface area contributed by atoms with Gasteiger partial charge in [0, 0.05) is 28.6 Å². The first kappa shape index (κ1) is 17.6. The number of halogens is 1. The summed E-state index contributed by atoms with van der Waals surface area (Å²) in [6.45, 7) is 3.79. The van der Waals surface area contributed by atoms with Crippen LogP contribution in [0.1, 0.15) is 12.0 Å². The van der Waals surface area contributed by atoms with E-state index < -0.39 is 0 Å². The molecule has 26 heavy (non-hydrogen) atoms. The van der Waals surface area contributed by atoms with E-state index in [4.69, 9.17) is 16.3 Å². The molecule has 0 aliphatic carbocycles. The Morgan fingerprint density at radius 3 is 2.77 bits per heavy atom. The molecular formula is C20H20ClN3OS. The van der Waals surface area contributed by atoms with Crippen molar-refractivity contribution in [1.82, 2.24) is 14.8 Å². The van der Waals surface area contributed by atoms with Gasteiger partial charge in [-0.3, -0.25) is 4.57 Å². The summed E-state index contributed by atoms with van der Waals surface area (Å²) in [5.74, 6) is 2.42. The van der Waals surface area contributed by atoms with Crippen LogP contribution in [0, 0.1) is 12.8 Å². The van der Waals surface area contributed by atoms with Crippen molar-refractivity contribution in [1.29, 1.82) is 0 Å². The maximum absolute atomic E-state index is 6.08. The Hall–Kier alpha value is -1.82. The van der Waals surface area contributed by atoms with E-state index in [1.807, 2.05) is 30.3 Å². The third-order valence-corrected chi connectivity index (χ3v) is 5.88. The van der Waals surface area contributed by atoms with Gasteiger partial charge in [0.05, 0.1) is 6.61 Å². The van der Waals surface area contributed by atoms with Crippen LogP contribution in [-0.2, 0) is 4.74 Å². The molecule has 2 heterocycles. The number of aromatic nitrogens is 3. The monoisotopic (exact) mass is 385 g/mol. The van der Waals surface area contributed by atoms with Gasteiger partial charge in [-0.1, -0.05) is 47.1 Å². The van der Waals surface area contributed by atoms with Crippen molar-refractivity contribution in [3.05, 3.63) is 59.1 Å². The van der Waals surface area contributed by atoms with Gasteiger partial charge in [-0.15, -0.1) is 10.2 Å². The van der Waals surface area contributed by atoms with Crippen LogP contribution in [0.5, 0.6) is 0 Å². The molecule has 2 aromatic carbocycles. The molecule has 1 atom stereocenters. The highest BCUT2D eigenvalue weighted by molar-refractivity contribution is 7.99. The molecule has 0 N–H and O–H groups in total. The van der Waals surface area contributed by atoms with Crippen molar-refractivity contribution in [3.8, 4) is 17.1 Å². The minimum absolute atomic E-state index is 0.581. The fourth-order valence-electron chi connectivity index (χ4n) is 3.06. The van der Waals surface area contributed by atoms with Crippen LogP contribution in [0.15, 0.2) is 53.7 Å². The molecule has 1 aliphatic rings. The third-order valence-electron chi connectivity index (χ3n) is 4.47. The molecule has 0 amide bonds. The maximum atomic E-state index is 6.08. The average molecular weight is 386 g/mol. The van der Waals surface area contributed by atoms with Gasteiger partial charge in [-0.05, 0) is 49.6 Å². The summed E-state index contributed by atoms with van der Waals surface area (Å²) < 4.78 is 7.61. The molecule has 0 radical (unpaired) electrons. The minimum atomic E-state index is 0.581. The van der Waals surface area contributed by atoms with Crippen LogP contribution in [0.2, 0.25) is 5.02 Å². The Balaban J connectivity index is 1.72. The van der Waals surface area contributed by atoms with E-state index in [1.54, 1.807) is 11.8 Å². The van der Waals surface area contributed by atoms with Crippen molar-refractivity contribution >= 4 is 23.4 Å². The molecule has 1 fully saturated rings. The van der Waals surface area contributed by atoms with Crippen LogP contribution in [0.3, 0.4) is 0 Å². The quantitative estimate of drug-likeness (QED) is 0.578. The van der Waals surface area contributed by atoms with Crippen LogP contribution < -0.4 is 0 Å². The first-order valence-electron chi connectivity index (χ1n) is 8.69. The van der Waals surface area contributed by atoms with Crippen molar-refractivity contribution in [2.24, 2.45) is 5.92 Å². The van der Waals surface area contributed by atoms with E-state index in [2.05, 4.69) is 39.9 Å². The second-order valence-electron chi connectivity index (χ2n) is 6.53. The molecule has 6 heteroatoms. The zero-order valence-electron chi connectivity index (χ0n) is 14.6. The minimum Gasteiger partial charge on any atom is -0.381 e. The molecule has 1 aliphatic heterocycles. The normalized spacial score (nSPS) is 16.9. The van der Waals surface area contributed by atoms with Crippen molar-refractivity contribution < 1.29 is 4.74 Å². The fourth-order valence-corrected chi connectivity index (χ4v) is 4.26. The highest BCUT2D eigenvalue weighted by Gasteiger charge is 2.20. The number of aryl methyl sites for hydroxylation is 1. The Labute approximate surface area is 162 Å². The lowest BCUT2D eigenvalue weighted by atomic mass is 10.1. The Kier molecular flexibility index (Phi) is 5.29. The molecule has 0 spiro atoms. The van der Waals surface area contributed by atoms with Crippen molar-refractivity contribution in [3.63, 3.8) is 0 Å². The van der Waals surface area contributed by atoms with Gasteiger partial charge in [0.2, 0.25) is 0 Å². The zero-order valence-corrected chi connectivity index (χ0v) is 16.1. The Morgan fingerprint density at radius 2 is 2.04 bits per heavy atom. The largest absolute Gasteiger partial charge is 0.381 e. The molecule has 1 aromatic heterocycles. The molecule has 0 bridgehead atoms. The number of hydrogen-bond acceptors (Lipinski definition) is 4. The Bertz CT molecular complexity index is 888. The van der Waals surface area contributed by atoms with Gasteiger partial charge in [0.1, 0.15) is 0 Å². The average Bonchev–Trinajstić information content (AvgIpc) is 3.30. The molecule has 4 rings (SSSR count). The predicted molar refractivity (Wildman–Crippen MR) is 106 cm³/mol. The van der Waals surface area contributed by atoms with Gasteiger partial charge in [-0.2, -0.15) is 0 Å². The summed E-state index contributed by atoms with van der Waals surface area (Å²) in [7, 11) is 0. The molecule has 1 saturated heterocycles. The van der Waals surface area contributed by atoms with Crippen LogP contribution in [-0.4, -0.2) is 33.7 Å². The topological polar surface area (TPSA) is 39.9 Å². The van der Waals surface area contributed by atoms with Crippen LogP contribution in [0.25, 0.3) is 17.1 Å². The van der Waals surface area contributed by atoms with Crippen molar-refractivity contribution in [2.75, 3.05) is 19.0 Å². The summed E-state index contributed by atoms with van der Waals surface area (Å²) in [4.78, 5) is 0. The lowest BCUT2D eigenvalue weighted by Crippen LogP contribution is -2.05. The van der Waals surface area contributed by atoms with Gasteiger partial charge >= 0.3 is 0 Å². The smallest absolute Gasteiger partial charge is 0.196 e. The highest BCUT2D eigenvalue weighted by atomic mass is 35.5. The highest BCUT2D eigenvalue weighted by Crippen LogP contribution is 2.31. The summed E-state index contributed by atoms with van der Waals surface area (Å²) in [6, 6.07) is 16.2. The predicted octanol–water partition coefficient (Wildman–Crippen LogP) is 5.02. The SMILES string of the molecule is Cc1cccc(-c2nnc(SCC3CCOC3)n2-c2ccc(Cl)cc2)c1. The van der Waals surface area contributed by atoms with Crippen LogP contribution >= 0.6 is 23.4 Å². The summed E-state index contributed by atoms with van der Waals surface area (Å²) in [5.41, 5.74) is 3.27. The van der Waals surface area contributed by atoms with Crippen LogP contribution in [0.4, 0.5) is 0 Å². The molecule has 1 unspecified atom stereocenters. The third kappa shape index (κ3) is 3.80. The Morgan fingerprint density at radius 1 is 1.19 bits per heavy atom. The number of thioether (sulfide) groups is 1. The second kappa shape index (κ2) is 7.82. The van der Waals surface area contributed by atoms with E-state index in [1.165, 1.54) is 5.56 Å². The number of ether oxygens (including phenoxy) is 1. The maximum Gasteiger partial charge on any atom is 0.196 e. The lowest BCUT2D eigenvalue weighted by Gasteiger charge is -2.12. The fraction of sp³-hybridized carbons (Fsp3) is 0.300. The van der Waals surface area contributed by atoms with E-state index in [0.29, 0.717) is 5.92 Å². The molecule has 3 aromatic rings. The van der Waals surface area contributed by atoms with E-state index in [9.17, 15) is 0 Å². The van der Waals surface area contributed by atoms with E-state index >= 15 is 0 Å². The molecule has 4 nitrogen and oxygen atoms in total. The number of benzene rings is 2. The van der Waals surface area contributed by atoms with E-state index in [0.717, 1.165) is 52.6 Å². The summed E-state index contributed by atoms with van der Waals surface area (Å²) in [6.07, 6.45) is 1.12. The molecular weight excluding hydrogens is 366 g/mol. The standard InChI is InChI=1S/C20H20ClN3OS/c1-14-3-2-4-16(11-14)19-22-23-20(26-13-15-9-10-25-12-15)24(19)18-7-5-17(21)6-8-18/h2-8,11,15H,9-10,12-13H2,1H3. The van der Waals surface area contributed by atoms with Gasteiger partial charge in [-0.25, -0.2) is 0 Å². The van der Waals surface area contributed by atoms with Crippen molar-refractivity contribution in [2.45, 2.75) is 18.5 Å². The number of hydrogen-bond donors (Lipinski definition) is 0. The summed E-state index contributed by atoms with van der Waals surface area (Å²) >= 11 is 7.82. The number of nitrogens with zero attached hydrogens (tertiary/aromatic N) is 3. The first-order chi connectivity index (χ1) is 12.7. The summed E-state index contributed by atoms with van der Waals surface area (Å²) in [5, 5.41) is 10.6. The number of rotatable bonds is 5. The molecule has 134 valence electrons.